The standard InChI is InChI=1S/C11H15FN6/c1-18(2)10-9(12)6-15-11(17-10)14-4-3-8-5-13-7-16-8/h5-7H,3-4H2,1-2H3,(H,13,16)(H,14,15,17). The van der Waals surface area contributed by atoms with Crippen molar-refractivity contribution >= 4 is 11.8 Å². The summed E-state index contributed by atoms with van der Waals surface area (Å²) in [4.78, 5) is 16.5. The molecule has 0 aliphatic carbocycles. The Morgan fingerprint density at radius 1 is 1.39 bits per heavy atom. The van der Waals surface area contributed by atoms with Crippen molar-refractivity contribution < 1.29 is 4.39 Å². The monoisotopic (exact) mass is 250 g/mol. The molecule has 0 aliphatic rings. The van der Waals surface area contributed by atoms with Crippen molar-refractivity contribution in [3.05, 3.63) is 30.2 Å². The Balaban J connectivity index is 1.95. The Kier molecular flexibility index (Phi) is 3.71. The summed E-state index contributed by atoms with van der Waals surface area (Å²) in [6, 6.07) is 0. The maximum absolute atomic E-state index is 13.4. The molecule has 0 unspecified atom stereocenters. The van der Waals surface area contributed by atoms with Gasteiger partial charge in [-0.3, -0.25) is 0 Å². The fraction of sp³-hybridized carbons (Fsp3) is 0.364. The van der Waals surface area contributed by atoms with Gasteiger partial charge in [0.1, 0.15) is 0 Å². The van der Waals surface area contributed by atoms with Gasteiger partial charge in [0.2, 0.25) is 5.95 Å². The smallest absolute Gasteiger partial charge is 0.224 e. The molecule has 2 aromatic heterocycles. The van der Waals surface area contributed by atoms with Crippen LogP contribution in [0.5, 0.6) is 0 Å². The first-order chi connectivity index (χ1) is 8.66. The topological polar surface area (TPSA) is 69.7 Å². The van der Waals surface area contributed by atoms with Gasteiger partial charge in [-0.2, -0.15) is 4.98 Å². The average Bonchev–Trinajstić information content (AvgIpc) is 2.84. The van der Waals surface area contributed by atoms with Gasteiger partial charge >= 0.3 is 0 Å². The largest absolute Gasteiger partial charge is 0.360 e. The minimum atomic E-state index is -0.431. The number of halogens is 1. The van der Waals surface area contributed by atoms with Gasteiger partial charge in [0.05, 0.1) is 12.5 Å². The minimum absolute atomic E-state index is 0.272. The van der Waals surface area contributed by atoms with E-state index in [4.69, 9.17) is 0 Å². The lowest BCUT2D eigenvalue weighted by molar-refractivity contribution is 0.612. The molecule has 6 nitrogen and oxygen atoms in total. The zero-order valence-electron chi connectivity index (χ0n) is 10.3. The summed E-state index contributed by atoms with van der Waals surface area (Å²) in [6.07, 6.45) is 5.34. The molecule has 96 valence electrons. The number of hydrogen-bond acceptors (Lipinski definition) is 5. The van der Waals surface area contributed by atoms with Crippen molar-refractivity contribution in [1.82, 2.24) is 19.9 Å². The summed E-state index contributed by atoms with van der Waals surface area (Å²) < 4.78 is 13.4. The highest BCUT2D eigenvalue weighted by Gasteiger charge is 2.08. The van der Waals surface area contributed by atoms with Gasteiger partial charge in [-0.25, -0.2) is 14.4 Å². The molecule has 7 heteroatoms. The molecule has 0 fully saturated rings. The summed E-state index contributed by atoms with van der Waals surface area (Å²) >= 11 is 0. The van der Waals surface area contributed by atoms with Gasteiger partial charge < -0.3 is 15.2 Å². The van der Waals surface area contributed by atoms with Gasteiger partial charge in [0.25, 0.3) is 0 Å². The van der Waals surface area contributed by atoms with E-state index in [0.29, 0.717) is 12.5 Å². The maximum atomic E-state index is 13.4. The van der Waals surface area contributed by atoms with Crippen molar-refractivity contribution in [1.29, 1.82) is 0 Å². The second-order valence-corrected chi connectivity index (χ2v) is 4.01. The fourth-order valence-electron chi connectivity index (χ4n) is 1.49. The highest BCUT2D eigenvalue weighted by Crippen LogP contribution is 2.14. The zero-order valence-corrected chi connectivity index (χ0v) is 10.3. The Labute approximate surface area is 104 Å². The van der Waals surface area contributed by atoms with E-state index in [9.17, 15) is 4.39 Å². The third-order valence-corrected chi connectivity index (χ3v) is 2.38. The van der Waals surface area contributed by atoms with Crippen LogP contribution in [0.3, 0.4) is 0 Å². The van der Waals surface area contributed by atoms with Gasteiger partial charge in [-0.15, -0.1) is 0 Å². The maximum Gasteiger partial charge on any atom is 0.224 e. The van der Waals surface area contributed by atoms with Crippen LogP contribution in [0.4, 0.5) is 16.2 Å². The summed E-state index contributed by atoms with van der Waals surface area (Å²) in [5, 5.41) is 3.04. The number of nitrogens with one attached hydrogen (secondary N) is 2. The summed E-state index contributed by atoms with van der Waals surface area (Å²) in [7, 11) is 3.47. The number of nitrogens with zero attached hydrogens (tertiary/aromatic N) is 4. The van der Waals surface area contributed by atoms with E-state index in [0.717, 1.165) is 12.1 Å². The van der Waals surface area contributed by atoms with Crippen molar-refractivity contribution in [2.45, 2.75) is 6.42 Å². The van der Waals surface area contributed by atoms with Crippen LogP contribution in [0, 0.1) is 5.82 Å². The van der Waals surface area contributed by atoms with E-state index in [2.05, 4.69) is 25.3 Å². The quantitative estimate of drug-likeness (QED) is 0.830. The first kappa shape index (κ1) is 12.3. The number of aromatic nitrogens is 4. The van der Waals surface area contributed by atoms with Crippen LogP contribution in [-0.4, -0.2) is 40.6 Å². The Morgan fingerprint density at radius 2 is 2.22 bits per heavy atom. The molecule has 2 N–H and O–H groups in total. The van der Waals surface area contributed by atoms with E-state index >= 15 is 0 Å². The van der Waals surface area contributed by atoms with Crippen LogP contribution < -0.4 is 10.2 Å². The number of H-pyrrole nitrogens is 1. The second-order valence-electron chi connectivity index (χ2n) is 4.01. The second kappa shape index (κ2) is 5.44. The average molecular weight is 250 g/mol. The predicted octanol–water partition coefficient (Wildman–Crippen LogP) is 1.06. The first-order valence-corrected chi connectivity index (χ1v) is 5.58. The van der Waals surface area contributed by atoms with Crippen LogP contribution in [0.15, 0.2) is 18.7 Å². The van der Waals surface area contributed by atoms with Crippen LogP contribution in [0.2, 0.25) is 0 Å². The van der Waals surface area contributed by atoms with Crippen LogP contribution in [-0.2, 0) is 6.42 Å². The lowest BCUT2D eigenvalue weighted by atomic mass is 10.3. The molecule has 0 aliphatic heterocycles. The Hall–Kier alpha value is -2.18. The summed E-state index contributed by atoms with van der Waals surface area (Å²) in [5.41, 5.74) is 1.03. The van der Waals surface area contributed by atoms with Crippen molar-refractivity contribution in [3.63, 3.8) is 0 Å². The number of aromatic amines is 1. The van der Waals surface area contributed by atoms with E-state index in [1.165, 1.54) is 6.20 Å². The molecule has 0 aromatic carbocycles. The van der Waals surface area contributed by atoms with Crippen LogP contribution in [0.1, 0.15) is 5.69 Å². The minimum Gasteiger partial charge on any atom is -0.360 e. The molecule has 0 spiro atoms. The molecule has 0 saturated heterocycles. The van der Waals surface area contributed by atoms with Crippen molar-refractivity contribution in [2.24, 2.45) is 0 Å². The molecule has 0 saturated carbocycles. The highest BCUT2D eigenvalue weighted by molar-refractivity contribution is 5.42. The summed E-state index contributed by atoms with van der Waals surface area (Å²) in [5.74, 6) is 0.257. The molecular weight excluding hydrogens is 235 g/mol. The van der Waals surface area contributed by atoms with Crippen LogP contribution in [0.25, 0.3) is 0 Å². The fourth-order valence-corrected chi connectivity index (χ4v) is 1.49. The predicted molar refractivity (Wildman–Crippen MR) is 67.1 cm³/mol. The molecule has 0 atom stereocenters. The third kappa shape index (κ3) is 2.93. The zero-order chi connectivity index (χ0) is 13.0. The first-order valence-electron chi connectivity index (χ1n) is 5.58. The molecule has 0 amide bonds. The Bertz CT molecular complexity index is 496. The van der Waals surface area contributed by atoms with Crippen LogP contribution >= 0.6 is 0 Å². The van der Waals surface area contributed by atoms with Crippen molar-refractivity contribution in [2.75, 3.05) is 30.9 Å². The van der Waals surface area contributed by atoms with Crippen molar-refractivity contribution in [3.8, 4) is 0 Å². The van der Waals surface area contributed by atoms with E-state index in [-0.39, 0.29) is 5.82 Å². The number of imidazole rings is 1. The van der Waals surface area contributed by atoms with E-state index < -0.39 is 5.82 Å². The number of hydrogen-bond donors (Lipinski definition) is 2. The molecular formula is C11H15FN6. The van der Waals surface area contributed by atoms with Gasteiger partial charge in [-0.1, -0.05) is 0 Å². The number of anilines is 2. The van der Waals surface area contributed by atoms with Gasteiger partial charge in [-0.05, 0) is 0 Å². The number of rotatable bonds is 5. The third-order valence-electron chi connectivity index (χ3n) is 2.38. The molecule has 18 heavy (non-hydrogen) atoms. The lowest BCUT2D eigenvalue weighted by Crippen LogP contribution is -2.15. The normalized spacial score (nSPS) is 10.4. The van der Waals surface area contributed by atoms with E-state index in [1.54, 1.807) is 31.5 Å². The molecule has 2 rings (SSSR count). The molecule has 0 radical (unpaired) electrons. The van der Waals surface area contributed by atoms with E-state index in [1.807, 2.05) is 0 Å². The molecule has 2 heterocycles. The summed E-state index contributed by atoms with van der Waals surface area (Å²) in [6.45, 7) is 0.653. The van der Waals surface area contributed by atoms with Gasteiger partial charge in [0.15, 0.2) is 11.6 Å². The SMILES string of the molecule is CN(C)c1nc(NCCc2cnc[nH]2)ncc1F. The molecule has 2 aromatic rings. The lowest BCUT2D eigenvalue weighted by Gasteiger charge is -2.13. The molecule has 0 bridgehead atoms. The van der Waals surface area contributed by atoms with Gasteiger partial charge in [0, 0.05) is 39.0 Å². The Morgan fingerprint density at radius 3 is 2.89 bits per heavy atom. The highest BCUT2D eigenvalue weighted by atomic mass is 19.1.